The molecule has 2 aromatic carbocycles. The number of hydrogen-bond acceptors (Lipinski definition) is 8. The number of hydrogen-bond donors (Lipinski definition) is 4. The molecule has 3 heterocycles. The molecule has 0 spiro atoms. The van der Waals surface area contributed by atoms with Gasteiger partial charge in [-0.15, -0.1) is 0 Å². The Bertz CT molecular complexity index is 1120. The summed E-state index contributed by atoms with van der Waals surface area (Å²) in [4.78, 5) is 11.9. The first-order valence-corrected chi connectivity index (χ1v) is 11.3. The Morgan fingerprint density at radius 3 is 2.79 bits per heavy atom. The summed E-state index contributed by atoms with van der Waals surface area (Å²) in [5.41, 5.74) is 11.4. The standard InChI is InChI=1S/C25H30N8/c1-31-10-2-11-32(14-13-31)21-6-4-20(5-7-21)29-24-25-28-9-12-33(25)23-15-18(19(16-26)17-27)3-8-22(23)30-24/h3-9,12,15-17,25-26,28H,2,10-11,13-14,27H2,1H3,(H,29,30)/b19-17+,26-16?. The molecule has 5 N–H and O–H groups in total. The quantitative estimate of drug-likeness (QED) is 0.544. The smallest absolute Gasteiger partial charge is 0.163 e. The van der Waals surface area contributed by atoms with Gasteiger partial charge in [0.05, 0.1) is 11.4 Å². The molecule has 0 amide bonds. The van der Waals surface area contributed by atoms with Crippen LogP contribution in [0.1, 0.15) is 12.0 Å². The van der Waals surface area contributed by atoms with Gasteiger partial charge < -0.3 is 36.5 Å². The fourth-order valence-corrected chi connectivity index (χ4v) is 4.54. The molecule has 3 aliphatic rings. The first-order valence-electron chi connectivity index (χ1n) is 11.3. The third kappa shape index (κ3) is 4.17. The Morgan fingerprint density at radius 1 is 1.15 bits per heavy atom. The number of fused-ring (bicyclic) bond motifs is 3. The average molecular weight is 443 g/mol. The monoisotopic (exact) mass is 442 g/mol. The van der Waals surface area contributed by atoms with Crippen molar-refractivity contribution in [3.8, 4) is 0 Å². The molecule has 1 unspecified atom stereocenters. The summed E-state index contributed by atoms with van der Waals surface area (Å²) in [5.74, 6) is 0.839. The topological polar surface area (TPSA) is 96.0 Å². The molecule has 1 fully saturated rings. The van der Waals surface area contributed by atoms with E-state index in [4.69, 9.17) is 16.1 Å². The van der Waals surface area contributed by atoms with Crippen LogP contribution >= 0.6 is 0 Å². The van der Waals surface area contributed by atoms with Crippen molar-refractivity contribution in [2.45, 2.75) is 12.6 Å². The molecule has 0 aliphatic carbocycles. The van der Waals surface area contributed by atoms with Crippen LogP contribution in [0.4, 0.5) is 22.7 Å². The third-order valence-electron chi connectivity index (χ3n) is 6.41. The largest absolute Gasteiger partial charge is 0.404 e. The molecule has 33 heavy (non-hydrogen) atoms. The summed E-state index contributed by atoms with van der Waals surface area (Å²) in [6, 6.07) is 14.6. The number of amidine groups is 1. The number of benzene rings is 2. The van der Waals surface area contributed by atoms with Gasteiger partial charge in [0.1, 0.15) is 0 Å². The van der Waals surface area contributed by atoms with E-state index in [0.717, 1.165) is 54.6 Å². The number of nitrogens with two attached hydrogens (primary N) is 1. The molecule has 8 heteroatoms. The van der Waals surface area contributed by atoms with Crippen molar-refractivity contribution in [3.05, 3.63) is 66.6 Å². The van der Waals surface area contributed by atoms with Crippen molar-refractivity contribution in [3.63, 3.8) is 0 Å². The van der Waals surface area contributed by atoms with E-state index in [2.05, 4.69) is 56.6 Å². The molecule has 1 atom stereocenters. The number of likely N-dealkylation sites (N-methyl/N-ethyl adjacent to an activating group) is 1. The number of anilines is 3. The van der Waals surface area contributed by atoms with E-state index >= 15 is 0 Å². The summed E-state index contributed by atoms with van der Waals surface area (Å²) >= 11 is 0. The molecular formula is C25H30N8. The molecule has 3 aliphatic heterocycles. The highest BCUT2D eigenvalue weighted by Gasteiger charge is 2.31. The molecule has 170 valence electrons. The minimum atomic E-state index is -0.112. The van der Waals surface area contributed by atoms with Crippen molar-refractivity contribution >= 4 is 40.4 Å². The van der Waals surface area contributed by atoms with Crippen LogP contribution in [-0.2, 0) is 0 Å². The van der Waals surface area contributed by atoms with E-state index in [1.54, 1.807) is 0 Å². The van der Waals surface area contributed by atoms with Gasteiger partial charge in [0.25, 0.3) is 0 Å². The van der Waals surface area contributed by atoms with Gasteiger partial charge in [-0.2, -0.15) is 0 Å². The third-order valence-corrected chi connectivity index (χ3v) is 6.41. The second kappa shape index (κ2) is 8.99. The fraction of sp³-hybridized carbons (Fsp3) is 0.280. The molecule has 0 aromatic heterocycles. The van der Waals surface area contributed by atoms with Gasteiger partial charge >= 0.3 is 0 Å². The molecule has 2 aromatic rings. The van der Waals surface area contributed by atoms with Crippen LogP contribution in [0.15, 0.2) is 66.1 Å². The first-order chi connectivity index (χ1) is 16.2. The predicted octanol–water partition coefficient (Wildman–Crippen LogP) is 3.14. The summed E-state index contributed by atoms with van der Waals surface area (Å²) in [6.45, 7) is 4.40. The van der Waals surface area contributed by atoms with Crippen molar-refractivity contribution < 1.29 is 0 Å². The van der Waals surface area contributed by atoms with Crippen LogP contribution in [0.2, 0.25) is 0 Å². The van der Waals surface area contributed by atoms with Crippen molar-refractivity contribution in [2.75, 3.05) is 48.3 Å². The average Bonchev–Trinajstić information content (AvgIpc) is 3.24. The van der Waals surface area contributed by atoms with Gasteiger partial charge in [0.2, 0.25) is 0 Å². The summed E-state index contributed by atoms with van der Waals surface area (Å²) in [7, 11) is 2.19. The summed E-state index contributed by atoms with van der Waals surface area (Å²) in [6.07, 6.45) is 7.74. The Hall–Kier alpha value is -3.78. The zero-order valence-corrected chi connectivity index (χ0v) is 18.8. The number of allylic oxidation sites excluding steroid dienone is 1. The van der Waals surface area contributed by atoms with Gasteiger partial charge in [-0.05, 0) is 62.0 Å². The van der Waals surface area contributed by atoms with Gasteiger partial charge in [-0.3, -0.25) is 0 Å². The lowest BCUT2D eigenvalue weighted by Crippen LogP contribution is -2.47. The van der Waals surface area contributed by atoms with Crippen LogP contribution in [0.5, 0.6) is 0 Å². The first kappa shape index (κ1) is 21.1. The predicted molar refractivity (Wildman–Crippen MR) is 137 cm³/mol. The van der Waals surface area contributed by atoms with Crippen molar-refractivity contribution in [1.82, 2.24) is 10.2 Å². The molecule has 0 saturated carbocycles. The van der Waals surface area contributed by atoms with E-state index in [0.29, 0.717) is 5.57 Å². The Morgan fingerprint density at radius 2 is 2.00 bits per heavy atom. The van der Waals surface area contributed by atoms with Crippen molar-refractivity contribution in [2.24, 2.45) is 10.7 Å². The van der Waals surface area contributed by atoms with E-state index in [9.17, 15) is 0 Å². The lowest BCUT2D eigenvalue weighted by Gasteiger charge is -2.32. The number of rotatable bonds is 4. The van der Waals surface area contributed by atoms with E-state index in [1.165, 1.54) is 24.5 Å². The van der Waals surface area contributed by atoms with Gasteiger partial charge in [0, 0.05) is 61.4 Å². The van der Waals surface area contributed by atoms with Crippen molar-refractivity contribution in [1.29, 1.82) is 5.41 Å². The van der Waals surface area contributed by atoms with E-state index in [1.807, 2.05) is 30.6 Å². The van der Waals surface area contributed by atoms with E-state index < -0.39 is 0 Å². The number of aliphatic imine (C=N–C) groups is 1. The van der Waals surface area contributed by atoms with Gasteiger partial charge in [-0.25, -0.2) is 4.99 Å². The maximum absolute atomic E-state index is 7.59. The maximum Gasteiger partial charge on any atom is 0.163 e. The Balaban J connectivity index is 1.37. The lowest BCUT2D eigenvalue weighted by atomic mass is 10.0. The number of nitrogens with zero attached hydrogens (tertiary/aromatic N) is 4. The van der Waals surface area contributed by atoms with Crippen LogP contribution < -0.4 is 26.2 Å². The second-order valence-corrected chi connectivity index (χ2v) is 8.57. The van der Waals surface area contributed by atoms with Gasteiger partial charge in [0.15, 0.2) is 12.0 Å². The molecule has 5 rings (SSSR count). The lowest BCUT2D eigenvalue weighted by molar-refractivity contribution is 0.360. The maximum atomic E-state index is 7.59. The molecular weight excluding hydrogens is 412 g/mol. The summed E-state index contributed by atoms with van der Waals surface area (Å²) < 4.78 is 0. The molecule has 1 saturated heterocycles. The summed E-state index contributed by atoms with van der Waals surface area (Å²) in [5, 5.41) is 14.5. The Labute approximate surface area is 194 Å². The highest BCUT2D eigenvalue weighted by atomic mass is 15.4. The highest BCUT2D eigenvalue weighted by Crippen LogP contribution is 2.38. The minimum absolute atomic E-state index is 0.112. The van der Waals surface area contributed by atoms with Crippen LogP contribution in [0, 0.1) is 5.41 Å². The van der Waals surface area contributed by atoms with Crippen LogP contribution in [0.25, 0.3) is 5.57 Å². The zero-order valence-electron chi connectivity index (χ0n) is 18.8. The van der Waals surface area contributed by atoms with Crippen LogP contribution in [-0.4, -0.2) is 56.3 Å². The fourth-order valence-electron chi connectivity index (χ4n) is 4.54. The Kier molecular flexibility index (Phi) is 5.75. The normalized spacial score (nSPS) is 20.5. The SMILES string of the molecule is CN1CCCN(c2ccc(NC3=Nc4ccc(/C(C=N)=C/N)cc4N4C=CNC34)cc2)CC1. The molecule has 0 bridgehead atoms. The molecule has 0 radical (unpaired) electrons. The van der Waals surface area contributed by atoms with E-state index in [-0.39, 0.29) is 6.17 Å². The zero-order chi connectivity index (χ0) is 22.8. The number of nitrogens with one attached hydrogen (secondary N) is 3. The van der Waals surface area contributed by atoms with Crippen LogP contribution in [0.3, 0.4) is 0 Å². The minimum Gasteiger partial charge on any atom is -0.404 e. The molecule has 8 nitrogen and oxygen atoms in total. The van der Waals surface area contributed by atoms with Gasteiger partial charge in [-0.1, -0.05) is 6.07 Å². The second-order valence-electron chi connectivity index (χ2n) is 8.57. The highest BCUT2D eigenvalue weighted by molar-refractivity contribution is 6.10.